The van der Waals surface area contributed by atoms with Crippen LogP contribution < -0.4 is 26.2 Å². The molecule has 1 aliphatic heterocycles. The van der Waals surface area contributed by atoms with Crippen LogP contribution in [-0.4, -0.2) is 34.7 Å². The minimum absolute atomic E-state index is 0.0253. The third kappa shape index (κ3) is 4.62. The lowest BCUT2D eigenvalue weighted by Crippen LogP contribution is -2.46. The fourth-order valence-corrected chi connectivity index (χ4v) is 4.46. The fraction of sp³-hybridized carbons (Fsp3) is 0.346. The summed E-state index contributed by atoms with van der Waals surface area (Å²) in [5, 5.41) is 2.98. The van der Waals surface area contributed by atoms with Crippen LogP contribution in [0.5, 0.6) is 5.75 Å². The van der Waals surface area contributed by atoms with Gasteiger partial charge in [0.15, 0.2) is 0 Å². The molecular formula is C26H30N4O4. The number of nitrogens with zero attached hydrogens (tertiary/aromatic N) is 3. The largest absolute Gasteiger partial charge is 0.494 e. The van der Waals surface area contributed by atoms with Crippen molar-refractivity contribution < 1.29 is 9.53 Å². The van der Waals surface area contributed by atoms with Gasteiger partial charge in [0.05, 0.1) is 18.0 Å². The number of hydrogen-bond acceptors (Lipinski definition) is 5. The molecule has 0 spiro atoms. The van der Waals surface area contributed by atoms with Crippen molar-refractivity contribution in [3.05, 3.63) is 81.1 Å². The third-order valence-electron chi connectivity index (χ3n) is 6.29. The molecule has 8 heteroatoms. The molecule has 0 radical (unpaired) electrons. The molecule has 0 atom stereocenters. The Bertz CT molecular complexity index is 1270. The quantitative estimate of drug-likeness (QED) is 0.609. The Morgan fingerprint density at radius 1 is 1.03 bits per heavy atom. The number of amides is 1. The predicted molar refractivity (Wildman–Crippen MR) is 133 cm³/mol. The van der Waals surface area contributed by atoms with E-state index in [4.69, 9.17) is 4.74 Å². The lowest BCUT2D eigenvalue weighted by atomic mass is 9.95. The Kier molecular flexibility index (Phi) is 6.86. The number of nitrogens with one attached hydrogen (secondary N) is 1. The van der Waals surface area contributed by atoms with E-state index in [1.807, 2.05) is 66.4 Å². The normalized spacial score (nSPS) is 14.1. The Morgan fingerprint density at radius 2 is 1.68 bits per heavy atom. The summed E-state index contributed by atoms with van der Waals surface area (Å²) in [7, 11) is 1.50. The van der Waals surface area contributed by atoms with Crippen LogP contribution in [0, 0.1) is 12.8 Å². The van der Waals surface area contributed by atoms with Crippen LogP contribution in [0.3, 0.4) is 0 Å². The zero-order chi connectivity index (χ0) is 24.2. The maximum absolute atomic E-state index is 13.0. The van der Waals surface area contributed by atoms with Crippen LogP contribution in [0.15, 0.2) is 64.2 Å². The summed E-state index contributed by atoms with van der Waals surface area (Å²) >= 11 is 0. The van der Waals surface area contributed by atoms with Gasteiger partial charge >= 0.3 is 5.69 Å². The molecule has 3 aromatic rings. The van der Waals surface area contributed by atoms with E-state index in [0.717, 1.165) is 16.0 Å². The summed E-state index contributed by atoms with van der Waals surface area (Å²) in [5.74, 6) is 0.595. The van der Waals surface area contributed by atoms with Gasteiger partial charge in [-0.3, -0.25) is 18.7 Å². The molecule has 2 aromatic carbocycles. The highest BCUT2D eigenvalue weighted by atomic mass is 16.5. The smallest absolute Gasteiger partial charge is 0.335 e. The van der Waals surface area contributed by atoms with E-state index in [2.05, 4.69) is 5.32 Å². The van der Waals surface area contributed by atoms with Crippen molar-refractivity contribution in [1.82, 2.24) is 9.13 Å². The minimum Gasteiger partial charge on any atom is -0.494 e. The average molecular weight is 463 g/mol. The zero-order valence-electron chi connectivity index (χ0n) is 19.8. The molecule has 0 bridgehead atoms. The van der Waals surface area contributed by atoms with Gasteiger partial charge in [-0.15, -0.1) is 0 Å². The van der Waals surface area contributed by atoms with Gasteiger partial charge < -0.3 is 15.0 Å². The molecule has 1 saturated heterocycles. The van der Waals surface area contributed by atoms with Crippen molar-refractivity contribution in [2.75, 3.05) is 29.9 Å². The van der Waals surface area contributed by atoms with Gasteiger partial charge in [0.25, 0.3) is 5.56 Å². The first-order chi connectivity index (χ1) is 16.4. The number of benzene rings is 2. The fourth-order valence-electron chi connectivity index (χ4n) is 4.46. The van der Waals surface area contributed by atoms with Crippen LogP contribution in [0.25, 0.3) is 5.69 Å². The van der Waals surface area contributed by atoms with E-state index in [9.17, 15) is 14.4 Å². The highest BCUT2D eigenvalue weighted by molar-refractivity contribution is 5.92. The molecule has 1 N–H and O–H groups in total. The van der Waals surface area contributed by atoms with Crippen molar-refractivity contribution in [2.24, 2.45) is 13.0 Å². The minimum atomic E-state index is -0.373. The SMILES string of the molecule is CCOc1ccc(NC(=O)C2CCN(c3c(C)n(-c4ccccc4)c(=O)n(C)c3=O)CC2)cc1. The number of aromatic nitrogens is 2. The van der Waals surface area contributed by atoms with E-state index in [1.165, 1.54) is 7.05 Å². The summed E-state index contributed by atoms with van der Waals surface area (Å²) < 4.78 is 8.16. The highest BCUT2D eigenvalue weighted by Crippen LogP contribution is 2.25. The Morgan fingerprint density at radius 3 is 2.29 bits per heavy atom. The van der Waals surface area contributed by atoms with Gasteiger partial charge in [-0.25, -0.2) is 4.79 Å². The summed E-state index contributed by atoms with van der Waals surface area (Å²) in [6, 6.07) is 16.6. The van der Waals surface area contributed by atoms with Gasteiger partial charge in [-0.1, -0.05) is 18.2 Å². The molecule has 1 aromatic heterocycles. The molecule has 4 rings (SSSR count). The molecule has 0 unspecified atom stereocenters. The molecule has 1 amide bonds. The number of carbonyl (C=O) groups is 1. The number of piperidine rings is 1. The van der Waals surface area contributed by atoms with Gasteiger partial charge in [0, 0.05) is 31.7 Å². The first-order valence-corrected chi connectivity index (χ1v) is 11.6. The van der Waals surface area contributed by atoms with Crippen LogP contribution in [0.2, 0.25) is 0 Å². The van der Waals surface area contributed by atoms with Crippen LogP contribution in [0.1, 0.15) is 25.5 Å². The van der Waals surface area contributed by atoms with Crippen LogP contribution in [0.4, 0.5) is 11.4 Å². The Labute approximate surface area is 198 Å². The van der Waals surface area contributed by atoms with Gasteiger partial charge in [-0.2, -0.15) is 0 Å². The first kappa shape index (κ1) is 23.4. The number of para-hydroxylation sites is 1. The summed E-state index contributed by atoms with van der Waals surface area (Å²) in [6.07, 6.45) is 1.24. The molecule has 34 heavy (non-hydrogen) atoms. The van der Waals surface area contributed by atoms with Gasteiger partial charge in [0.2, 0.25) is 5.91 Å². The number of anilines is 2. The third-order valence-corrected chi connectivity index (χ3v) is 6.29. The van der Waals surface area contributed by atoms with Crippen molar-refractivity contribution in [3.8, 4) is 11.4 Å². The molecular weight excluding hydrogens is 432 g/mol. The topological polar surface area (TPSA) is 85.6 Å². The number of rotatable bonds is 6. The van der Waals surface area contributed by atoms with Crippen LogP contribution in [-0.2, 0) is 11.8 Å². The zero-order valence-corrected chi connectivity index (χ0v) is 19.8. The Balaban J connectivity index is 1.50. The van der Waals surface area contributed by atoms with E-state index in [-0.39, 0.29) is 23.1 Å². The van der Waals surface area contributed by atoms with E-state index < -0.39 is 0 Å². The molecule has 2 heterocycles. The maximum atomic E-state index is 13.0. The summed E-state index contributed by atoms with van der Waals surface area (Å²) in [4.78, 5) is 40.7. The first-order valence-electron chi connectivity index (χ1n) is 11.6. The summed E-state index contributed by atoms with van der Waals surface area (Å²) in [6.45, 7) is 5.44. The van der Waals surface area contributed by atoms with E-state index in [0.29, 0.717) is 49.6 Å². The Hall–Kier alpha value is -3.81. The highest BCUT2D eigenvalue weighted by Gasteiger charge is 2.28. The summed E-state index contributed by atoms with van der Waals surface area (Å²) in [5.41, 5.74) is 1.88. The standard InChI is InChI=1S/C26H30N4O4/c1-4-34-22-12-10-20(11-13-22)27-24(31)19-14-16-29(17-15-19)23-18(2)30(21-8-6-5-7-9-21)26(33)28(3)25(23)32/h5-13,19H,4,14-17H2,1-3H3,(H,27,31). The second-order valence-electron chi connectivity index (χ2n) is 8.46. The second-order valence-corrected chi connectivity index (χ2v) is 8.46. The van der Waals surface area contributed by atoms with Gasteiger partial charge in [-0.05, 0) is 63.1 Å². The van der Waals surface area contributed by atoms with Crippen molar-refractivity contribution in [2.45, 2.75) is 26.7 Å². The monoisotopic (exact) mass is 462 g/mol. The molecule has 178 valence electrons. The maximum Gasteiger partial charge on any atom is 0.335 e. The number of ether oxygens (including phenoxy) is 1. The van der Waals surface area contributed by atoms with Crippen LogP contribution >= 0.6 is 0 Å². The molecule has 1 aliphatic rings. The molecule has 0 aliphatic carbocycles. The predicted octanol–water partition coefficient (Wildman–Crippen LogP) is 3.10. The molecule has 0 saturated carbocycles. The number of hydrogen-bond donors (Lipinski definition) is 1. The average Bonchev–Trinajstić information content (AvgIpc) is 2.85. The lowest BCUT2D eigenvalue weighted by molar-refractivity contribution is -0.120. The molecule has 1 fully saturated rings. The van der Waals surface area contributed by atoms with Crippen molar-refractivity contribution in [3.63, 3.8) is 0 Å². The van der Waals surface area contributed by atoms with Gasteiger partial charge in [0.1, 0.15) is 11.4 Å². The number of carbonyl (C=O) groups excluding carboxylic acids is 1. The second kappa shape index (κ2) is 9.99. The van der Waals surface area contributed by atoms with Crippen molar-refractivity contribution >= 4 is 17.3 Å². The van der Waals surface area contributed by atoms with E-state index in [1.54, 1.807) is 11.5 Å². The van der Waals surface area contributed by atoms with Crippen molar-refractivity contribution in [1.29, 1.82) is 0 Å². The molecule has 8 nitrogen and oxygen atoms in total. The lowest BCUT2D eigenvalue weighted by Gasteiger charge is -2.34. The van der Waals surface area contributed by atoms with E-state index >= 15 is 0 Å².